The van der Waals surface area contributed by atoms with Crippen molar-refractivity contribution in [1.29, 1.82) is 0 Å². The van der Waals surface area contributed by atoms with Gasteiger partial charge in [0, 0.05) is 17.2 Å². The van der Waals surface area contributed by atoms with Gasteiger partial charge in [-0.1, -0.05) is 28.1 Å². The van der Waals surface area contributed by atoms with Gasteiger partial charge in [-0.2, -0.15) is 0 Å². The third kappa shape index (κ3) is 3.77. The Bertz CT molecular complexity index is 1250. The molecule has 29 heavy (non-hydrogen) atoms. The highest BCUT2D eigenvalue weighted by molar-refractivity contribution is 9.10. The van der Waals surface area contributed by atoms with Gasteiger partial charge in [-0.25, -0.2) is 13.4 Å². The SMILES string of the molecule is CN1C=NC(C)(c2cccc(NC(=O)c3nc4cc(Br)ccc4o3)c2)CS1(=O)=O. The number of amides is 1. The highest BCUT2D eigenvalue weighted by Crippen LogP contribution is 2.32. The Hall–Kier alpha value is -2.72. The van der Waals surface area contributed by atoms with Gasteiger partial charge in [0.25, 0.3) is 5.89 Å². The molecule has 0 saturated heterocycles. The first-order valence-electron chi connectivity index (χ1n) is 8.65. The minimum absolute atomic E-state index is 0.0606. The van der Waals surface area contributed by atoms with Crippen LogP contribution >= 0.6 is 15.9 Å². The summed E-state index contributed by atoms with van der Waals surface area (Å²) in [5, 5.41) is 2.74. The van der Waals surface area contributed by atoms with E-state index in [1.807, 2.05) is 0 Å². The molecule has 1 aliphatic heterocycles. The molecule has 1 aromatic heterocycles. The Morgan fingerprint density at radius 3 is 2.83 bits per heavy atom. The molecule has 4 rings (SSSR count). The molecule has 1 aliphatic rings. The van der Waals surface area contributed by atoms with Crippen molar-refractivity contribution in [3.8, 4) is 0 Å². The number of hydrogen-bond donors (Lipinski definition) is 1. The molecule has 2 heterocycles. The maximum atomic E-state index is 12.6. The van der Waals surface area contributed by atoms with Crippen molar-refractivity contribution in [2.45, 2.75) is 12.5 Å². The van der Waals surface area contributed by atoms with Crippen LogP contribution in [0.15, 0.2) is 56.3 Å². The lowest BCUT2D eigenvalue weighted by molar-refractivity contribution is 0.0992. The third-order valence-electron chi connectivity index (χ3n) is 4.69. The number of aromatic nitrogens is 1. The van der Waals surface area contributed by atoms with Gasteiger partial charge in [-0.3, -0.25) is 14.1 Å². The van der Waals surface area contributed by atoms with Crippen LogP contribution < -0.4 is 5.32 Å². The van der Waals surface area contributed by atoms with E-state index in [9.17, 15) is 13.2 Å². The predicted octanol–water partition coefficient (Wildman–Crippen LogP) is 3.36. The first-order chi connectivity index (χ1) is 13.7. The number of nitrogens with one attached hydrogen (secondary N) is 1. The van der Waals surface area contributed by atoms with Gasteiger partial charge < -0.3 is 9.73 Å². The fourth-order valence-corrected chi connectivity index (χ4v) is 4.74. The standard InChI is InChI=1S/C19H17BrN4O4S/c1-19(10-29(26,27)24(2)11-21-19)12-4-3-5-14(8-12)22-17(25)18-23-15-9-13(20)6-7-16(15)28-18/h3-9,11H,10H2,1-2H3,(H,22,25). The van der Waals surface area contributed by atoms with Crippen LogP contribution in [0.1, 0.15) is 23.2 Å². The maximum absolute atomic E-state index is 12.6. The van der Waals surface area contributed by atoms with Crippen LogP contribution in [0.3, 0.4) is 0 Å². The first kappa shape index (κ1) is 19.6. The van der Waals surface area contributed by atoms with Crippen LogP contribution in [0.25, 0.3) is 11.1 Å². The Morgan fingerprint density at radius 1 is 1.28 bits per heavy atom. The lowest BCUT2D eigenvalue weighted by Gasteiger charge is -2.32. The van der Waals surface area contributed by atoms with E-state index < -0.39 is 21.5 Å². The van der Waals surface area contributed by atoms with Crippen LogP contribution in [0.4, 0.5) is 5.69 Å². The van der Waals surface area contributed by atoms with Crippen molar-refractivity contribution in [3.63, 3.8) is 0 Å². The van der Waals surface area contributed by atoms with Crippen molar-refractivity contribution in [2.75, 3.05) is 18.1 Å². The van der Waals surface area contributed by atoms with Gasteiger partial charge in [-0.15, -0.1) is 0 Å². The van der Waals surface area contributed by atoms with E-state index in [0.717, 1.165) is 8.78 Å². The molecule has 0 spiro atoms. The van der Waals surface area contributed by atoms with Crippen molar-refractivity contribution in [3.05, 3.63) is 58.4 Å². The molecular weight excluding hydrogens is 460 g/mol. The highest BCUT2D eigenvalue weighted by Gasteiger charge is 2.37. The minimum Gasteiger partial charge on any atom is -0.432 e. The average Bonchev–Trinajstić information content (AvgIpc) is 3.08. The summed E-state index contributed by atoms with van der Waals surface area (Å²) in [5.74, 6) is -0.724. The number of aliphatic imine (C=N–C) groups is 1. The zero-order valence-corrected chi connectivity index (χ0v) is 18.0. The Balaban J connectivity index is 1.60. The van der Waals surface area contributed by atoms with E-state index in [2.05, 4.69) is 31.2 Å². The maximum Gasteiger partial charge on any atom is 0.311 e. The lowest BCUT2D eigenvalue weighted by Crippen LogP contribution is -2.42. The smallest absolute Gasteiger partial charge is 0.311 e. The Morgan fingerprint density at radius 2 is 2.07 bits per heavy atom. The number of carbonyl (C=O) groups is 1. The average molecular weight is 477 g/mol. The van der Waals surface area contributed by atoms with Gasteiger partial charge in [-0.05, 0) is 42.8 Å². The lowest BCUT2D eigenvalue weighted by atomic mass is 9.94. The molecule has 1 unspecified atom stereocenters. The van der Waals surface area contributed by atoms with Gasteiger partial charge in [0.1, 0.15) is 11.1 Å². The van der Waals surface area contributed by atoms with Crippen LogP contribution in [0, 0.1) is 0 Å². The van der Waals surface area contributed by atoms with E-state index in [1.165, 1.54) is 13.4 Å². The number of rotatable bonds is 3. The first-order valence-corrected chi connectivity index (χ1v) is 11.1. The van der Waals surface area contributed by atoms with Crippen LogP contribution in [0.5, 0.6) is 0 Å². The Kier molecular flexibility index (Phi) is 4.70. The number of carbonyl (C=O) groups excluding carboxylic acids is 1. The molecule has 0 aliphatic carbocycles. The van der Waals surface area contributed by atoms with Crippen LogP contribution in [-0.2, 0) is 15.6 Å². The summed E-state index contributed by atoms with van der Waals surface area (Å²) >= 11 is 3.36. The Labute approximate surface area is 175 Å². The largest absolute Gasteiger partial charge is 0.432 e. The minimum atomic E-state index is -3.45. The third-order valence-corrected chi connectivity index (χ3v) is 7.09. The van der Waals surface area contributed by atoms with Gasteiger partial charge in [0.15, 0.2) is 5.58 Å². The number of halogens is 1. The van der Waals surface area contributed by atoms with E-state index in [0.29, 0.717) is 22.4 Å². The fraction of sp³-hybridized carbons (Fsp3) is 0.211. The molecule has 0 fully saturated rings. The molecule has 0 bridgehead atoms. The summed E-state index contributed by atoms with van der Waals surface area (Å²) in [6.07, 6.45) is 1.31. The molecule has 150 valence electrons. The normalized spacial score (nSPS) is 20.7. The fourth-order valence-electron chi connectivity index (χ4n) is 3.05. The van der Waals surface area contributed by atoms with Crippen molar-refractivity contribution >= 4 is 55.0 Å². The van der Waals surface area contributed by atoms with Crippen LogP contribution in [0.2, 0.25) is 0 Å². The summed E-state index contributed by atoms with van der Waals surface area (Å²) in [5.41, 5.74) is 1.28. The second kappa shape index (κ2) is 6.96. The predicted molar refractivity (Wildman–Crippen MR) is 113 cm³/mol. The number of benzene rings is 2. The van der Waals surface area contributed by atoms with Crippen molar-refractivity contribution in [1.82, 2.24) is 9.29 Å². The molecule has 8 nitrogen and oxygen atoms in total. The molecule has 2 aromatic carbocycles. The van der Waals surface area contributed by atoms with Crippen LogP contribution in [-0.4, -0.2) is 42.8 Å². The summed E-state index contributed by atoms with van der Waals surface area (Å²) in [4.78, 5) is 21.2. The topological polar surface area (TPSA) is 105 Å². The second-order valence-corrected chi connectivity index (χ2v) is 9.90. The quantitative estimate of drug-likeness (QED) is 0.623. The molecule has 0 saturated carbocycles. The molecule has 1 atom stereocenters. The number of anilines is 1. The summed E-state index contributed by atoms with van der Waals surface area (Å²) in [7, 11) is -1.99. The molecule has 10 heteroatoms. The molecular formula is C19H17BrN4O4S. The highest BCUT2D eigenvalue weighted by atomic mass is 79.9. The molecule has 0 radical (unpaired) electrons. The number of hydrogen-bond acceptors (Lipinski definition) is 6. The molecule has 3 aromatic rings. The monoisotopic (exact) mass is 476 g/mol. The van der Waals surface area contributed by atoms with E-state index in [-0.39, 0.29) is 11.6 Å². The number of oxazole rings is 1. The molecule has 1 N–H and O–H groups in total. The van der Waals surface area contributed by atoms with Gasteiger partial charge >= 0.3 is 5.91 Å². The summed E-state index contributed by atoms with van der Waals surface area (Å²) in [6, 6.07) is 12.2. The van der Waals surface area contributed by atoms with Gasteiger partial charge in [0.2, 0.25) is 10.0 Å². The second-order valence-electron chi connectivity index (χ2n) is 6.96. The summed E-state index contributed by atoms with van der Waals surface area (Å²) < 4.78 is 32.0. The van der Waals surface area contributed by atoms with Gasteiger partial charge in [0.05, 0.1) is 12.1 Å². The number of fused-ring (bicyclic) bond motifs is 1. The van der Waals surface area contributed by atoms with E-state index >= 15 is 0 Å². The zero-order chi connectivity index (χ0) is 20.8. The number of sulfonamides is 1. The van der Waals surface area contributed by atoms with Crippen molar-refractivity contribution < 1.29 is 17.6 Å². The summed E-state index contributed by atoms with van der Waals surface area (Å²) in [6.45, 7) is 1.74. The number of nitrogens with zero attached hydrogens (tertiary/aromatic N) is 3. The zero-order valence-electron chi connectivity index (χ0n) is 15.6. The van der Waals surface area contributed by atoms with E-state index in [4.69, 9.17) is 4.42 Å². The van der Waals surface area contributed by atoms with Crippen molar-refractivity contribution in [2.24, 2.45) is 4.99 Å². The molecule has 1 amide bonds. The van der Waals surface area contributed by atoms with E-state index in [1.54, 1.807) is 49.4 Å².